The number of carbonyl (C=O) groups is 1. The van der Waals surface area contributed by atoms with Gasteiger partial charge in [0.05, 0.1) is 0 Å². The zero-order chi connectivity index (χ0) is 16.9. The van der Waals surface area contributed by atoms with E-state index in [1.807, 2.05) is 48.5 Å². The number of likely N-dealkylation sites (N-methyl/N-ethyl adjacent to an activating group) is 1. The summed E-state index contributed by atoms with van der Waals surface area (Å²) in [6.07, 6.45) is 0.163. The van der Waals surface area contributed by atoms with Crippen LogP contribution in [0.3, 0.4) is 0 Å². The number of benzene rings is 2. The Morgan fingerprint density at radius 3 is 2.71 bits per heavy atom. The summed E-state index contributed by atoms with van der Waals surface area (Å²) >= 11 is 3.47. The first kappa shape index (κ1) is 15.2. The van der Waals surface area contributed by atoms with Crippen LogP contribution in [0.25, 0.3) is 0 Å². The fourth-order valence-electron chi connectivity index (χ4n) is 3.36. The van der Waals surface area contributed by atoms with E-state index in [1.165, 1.54) is 4.90 Å². The minimum Gasteiger partial charge on any atom is -0.485 e. The van der Waals surface area contributed by atoms with Crippen molar-refractivity contribution in [3.05, 3.63) is 64.1 Å². The molecule has 5 nitrogen and oxygen atoms in total. The predicted molar refractivity (Wildman–Crippen MR) is 94.6 cm³/mol. The van der Waals surface area contributed by atoms with Crippen LogP contribution in [0.1, 0.15) is 23.7 Å². The van der Waals surface area contributed by atoms with Crippen LogP contribution in [-0.4, -0.2) is 23.8 Å². The molecule has 0 bridgehead atoms. The first-order chi connectivity index (χ1) is 11.5. The number of carbonyl (C=O) groups excluding carboxylic acids is 1. The van der Waals surface area contributed by atoms with E-state index in [1.54, 1.807) is 7.05 Å². The van der Waals surface area contributed by atoms with Crippen LogP contribution in [0.4, 0.5) is 0 Å². The van der Waals surface area contributed by atoms with Crippen LogP contribution >= 0.6 is 15.9 Å². The van der Waals surface area contributed by atoms with Gasteiger partial charge in [0.2, 0.25) is 0 Å². The normalized spacial score (nSPS) is 25.4. The van der Waals surface area contributed by atoms with Gasteiger partial charge in [-0.15, -0.1) is 0 Å². The lowest BCUT2D eigenvalue weighted by atomic mass is 9.80. The molecular weight excluding hydrogens is 370 g/mol. The van der Waals surface area contributed by atoms with Crippen LogP contribution in [0.2, 0.25) is 0 Å². The molecule has 0 saturated heterocycles. The second-order valence-corrected chi connectivity index (χ2v) is 6.97. The van der Waals surface area contributed by atoms with Gasteiger partial charge in [0.25, 0.3) is 5.91 Å². The highest BCUT2D eigenvalue weighted by Gasteiger charge is 2.53. The highest BCUT2D eigenvalue weighted by molar-refractivity contribution is 9.10. The van der Waals surface area contributed by atoms with Crippen molar-refractivity contribution in [2.75, 3.05) is 7.05 Å². The maximum Gasteiger partial charge on any atom is 0.261 e. The molecule has 2 aromatic carbocycles. The molecule has 2 atom stereocenters. The second-order valence-electron chi connectivity index (χ2n) is 6.06. The van der Waals surface area contributed by atoms with Crippen molar-refractivity contribution in [2.24, 2.45) is 10.7 Å². The lowest BCUT2D eigenvalue weighted by Crippen LogP contribution is -2.43. The van der Waals surface area contributed by atoms with E-state index in [4.69, 9.17) is 10.5 Å². The van der Waals surface area contributed by atoms with E-state index in [9.17, 15) is 4.79 Å². The summed E-state index contributed by atoms with van der Waals surface area (Å²) in [5, 5.41) is 0. The molecule has 0 radical (unpaired) electrons. The van der Waals surface area contributed by atoms with Crippen LogP contribution in [0, 0.1) is 0 Å². The average molecular weight is 386 g/mol. The summed E-state index contributed by atoms with van der Waals surface area (Å²) in [4.78, 5) is 19.0. The molecule has 1 amide bonds. The van der Waals surface area contributed by atoms with Crippen molar-refractivity contribution in [3.8, 4) is 5.75 Å². The molecule has 0 unspecified atom stereocenters. The van der Waals surface area contributed by atoms with Crippen molar-refractivity contribution < 1.29 is 9.53 Å². The van der Waals surface area contributed by atoms with Crippen LogP contribution in [0.15, 0.2) is 58.0 Å². The predicted octanol–water partition coefficient (Wildman–Crippen LogP) is 2.95. The number of rotatable bonds is 1. The van der Waals surface area contributed by atoms with Gasteiger partial charge in [-0.1, -0.05) is 46.3 Å². The minimum atomic E-state index is -1.03. The number of aliphatic imine (C=N–C) groups is 1. The van der Waals surface area contributed by atoms with E-state index < -0.39 is 5.54 Å². The van der Waals surface area contributed by atoms with Crippen molar-refractivity contribution in [2.45, 2.75) is 18.1 Å². The Morgan fingerprint density at radius 2 is 2.04 bits per heavy atom. The van der Waals surface area contributed by atoms with Gasteiger partial charge in [0.1, 0.15) is 11.9 Å². The van der Waals surface area contributed by atoms with E-state index in [0.29, 0.717) is 12.2 Å². The largest absolute Gasteiger partial charge is 0.485 e. The number of guanidine groups is 1. The standard InChI is InChI=1S/C18H16BrN3O2/c1-22-16(23)18(21-17(22)20)10-15(11-5-3-2-4-6-11)24-14-8-7-12(19)9-13(14)18/h2-9,15H,10H2,1H3,(H2,20,21)/t15-,18+/m1/s1. The second kappa shape index (κ2) is 5.34. The molecule has 0 saturated carbocycles. The van der Waals surface area contributed by atoms with Gasteiger partial charge < -0.3 is 10.5 Å². The van der Waals surface area contributed by atoms with Gasteiger partial charge in [0, 0.05) is 23.5 Å². The monoisotopic (exact) mass is 385 g/mol. The summed E-state index contributed by atoms with van der Waals surface area (Å²) < 4.78 is 7.05. The Morgan fingerprint density at radius 1 is 1.29 bits per heavy atom. The molecule has 0 aromatic heterocycles. The lowest BCUT2D eigenvalue weighted by Gasteiger charge is -2.36. The zero-order valence-corrected chi connectivity index (χ0v) is 14.7. The lowest BCUT2D eigenvalue weighted by molar-refractivity contribution is -0.132. The molecule has 24 heavy (non-hydrogen) atoms. The zero-order valence-electron chi connectivity index (χ0n) is 13.1. The molecule has 122 valence electrons. The summed E-state index contributed by atoms with van der Waals surface area (Å²) in [5.41, 5.74) is 6.69. The van der Waals surface area contributed by atoms with E-state index in [-0.39, 0.29) is 18.0 Å². The summed E-state index contributed by atoms with van der Waals surface area (Å²) in [6.45, 7) is 0. The van der Waals surface area contributed by atoms with Gasteiger partial charge >= 0.3 is 0 Å². The SMILES string of the molecule is CN1C(=O)[C@@]2(C[C@H](c3ccccc3)Oc3ccc(Br)cc32)N=C1N. The molecule has 2 aliphatic heterocycles. The van der Waals surface area contributed by atoms with Gasteiger partial charge in [-0.25, -0.2) is 4.99 Å². The van der Waals surface area contributed by atoms with Gasteiger partial charge in [0.15, 0.2) is 11.5 Å². The summed E-state index contributed by atoms with van der Waals surface area (Å²) in [5.74, 6) is 0.779. The van der Waals surface area contributed by atoms with E-state index >= 15 is 0 Å². The van der Waals surface area contributed by atoms with Crippen LogP contribution in [-0.2, 0) is 10.3 Å². The molecule has 4 rings (SSSR count). The highest BCUT2D eigenvalue weighted by Crippen LogP contribution is 2.50. The number of fused-ring (bicyclic) bond motifs is 2. The molecule has 1 spiro atoms. The molecule has 2 N–H and O–H groups in total. The number of halogens is 1. The van der Waals surface area contributed by atoms with Crippen molar-refractivity contribution in [1.82, 2.24) is 4.90 Å². The molecule has 0 aliphatic carbocycles. The van der Waals surface area contributed by atoms with Crippen molar-refractivity contribution >= 4 is 27.8 Å². The third kappa shape index (κ3) is 2.13. The first-order valence-electron chi connectivity index (χ1n) is 7.66. The summed E-state index contributed by atoms with van der Waals surface area (Å²) in [7, 11) is 1.65. The topological polar surface area (TPSA) is 67.9 Å². The van der Waals surface area contributed by atoms with E-state index in [0.717, 1.165) is 15.6 Å². The molecule has 6 heteroatoms. The number of hydrogen-bond donors (Lipinski definition) is 1. The molecule has 2 heterocycles. The molecule has 0 fully saturated rings. The third-order valence-electron chi connectivity index (χ3n) is 4.62. The Labute approximate surface area is 148 Å². The number of nitrogens with two attached hydrogens (primary N) is 1. The fraction of sp³-hybridized carbons (Fsp3) is 0.222. The molecule has 2 aliphatic rings. The summed E-state index contributed by atoms with van der Waals surface area (Å²) in [6, 6.07) is 15.5. The van der Waals surface area contributed by atoms with Crippen molar-refractivity contribution in [3.63, 3.8) is 0 Å². The maximum atomic E-state index is 13.0. The first-order valence-corrected chi connectivity index (χ1v) is 8.46. The van der Waals surface area contributed by atoms with Crippen LogP contribution in [0.5, 0.6) is 5.75 Å². The van der Waals surface area contributed by atoms with E-state index in [2.05, 4.69) is 20.9 Å². The number of ether oxygens (including phenoxy) is 1. The smallest absolute Gasteiger partial charge is 0.261 e. The quantitative estimate of drug-likeness (QED) is 0.820. The van der Waals surface area contributed by atoms with Gasteiger partial charge in [-0.05, 0) is 23.8 Å². The maximum absolute atomic E-state index is 13.0. The number of nitrogens with zero attached hydrogens (tertiary/aromatic N) is 2. The Bertz CT molecular complexity index is 853. The van der Waals surface area contributed by atoms with Gasteiger partial charge in [-0.3, -0.25) is 9.69 Å². The average Bonchev–Trinajstić information content (AvgIpc) is 2.81. The Kier molecular flexibility index (Phi) is 3.38. The Balaban J connectivity index is 1.89. The highest BCUT2D eigenvalue weighted by atomic mass is 79.9. The molecule has 2 aromatic rings. The number of hydrogen-bond acceptors (Lipinski definition) is 4. The van der Waals surface area contributed by atoms with Crippen LogP contribution < -0.4 is 10.5 Å². The third-order valence-corrected chi connectivity index (χ3v) is 5.11. The Hall–Kier alpha value is -2.34. The minimum absolute atomic E-state index is 0.122. The number of amides is 1. The fourth-order valence-corrected chi connectivity index (χ4v) is 3.72. The van der Waals surface area contributed by atoms with Crippen molar-refractivity contribution in [1.29, 1.82) is 0 Å². The molecular formula is C18H16BrN3O2. The van der Waals surface area contributed by atoms with Gasteiger partial charge in [-0.2, -0.15) is 0 Å².